The molecule has 1 fully saturated rings. The van der Waals surface area contributed by atoms with E-state index in [1.165, 1.54) is 31.2 Å². The van der Waals surface area contributed by atoms with Crippen molar-refractivity contribution in [1.82, 2.24) is 4.90 Å². The Labute approximate surface area is 116 Å². The van der Waals surface area contributed by atoms with Gasteiger partial charge < -0.3 is 9.84 Å². The number of rotatable bonds is 4. The van der Waals surface area contributed by atoms with Crippen LogP contribution in [0.4, 0.5) is 0 Å². The highest BCUT2D eigenvalue weighted by Crippen LogP contribution is 2.30. The largest absolute Gasteiger partial charge is 0.504 e. The third kappa shape index (κ3) is 3.41. The van der Waals surface area contributed by atoms with Gasteiger partial charge in [0.2, 0.25) is 0 Å². The molecule has 106 valence electrons. The first-order valence-electron chi connectivity index (χ1n) is 7.18. The molecule has 0 aliphatic heterocycles. The lowest BCUT2D eigenvalue weighted by atomic mass is 9.85. The van der Waals surface area contributed by atoms with E-state index >= 15 is 0 Å². The fourth-order valence-electron chi connectivity index (χ4n) is 3.18. The number of aromatic hydroxyl groups is 1. The van der Waals surface area contributed by atoms with Gasteiger partial charge in [-0.3, -0.25) is 4.90 Å². The van der Waals surface area contributed by atoms with E-state index in [2.05, 4.69) is 18.9 Å². The van der Waals surface area contributed by atoms with Gasteiger partial charge in [0.15, 0.2) is 11.5 Å². The van der Waals surface area contributed by atoms with Crippen molar-refractivity contribution in [2.24, 2.45) is 5.92 Å². The Morgan fingerprint density at radius 3 is 2.74 bits per heavy atom. The zero-order chi connectivity index (χ0) is 13.8. The maximum Gasteiger partial charge on any atom is 0.160 e. The zero-order valence-corrected chi connectivity index (χ0v) is 12.2. The zero-order valence-electron chi connectivity index (χ0n) is 12.2. The molecule has 0 bridgehead atoms. The molecule has 3 heteroatoms. The summed E-state index contributed by atoms with van der Waals surface area (Å²) >= 11 is 0. The van der Waals surface area contributed by atoms with E-state index in [9.17, 15) is 5.11 Å². The van der Waals surface area contributed by atoms with Crippen molar-refractivity contribution in [2.45, 2.75) is 45.2 Å². The summed E-state index contributed by atoms with van der Waals surface area (Å²) in [7, 11) is 3.79. The molecule has 0 radical (unpaired) electrons. The minimum Gasteiger partial charge on any atom is -0.504 e. The lowest BCUT2D eigenvalue weighted by Crippen LogP contribution is -2.38. The Bertz CT molecular complexity index is 419. The topological polar surface area (TPSA) is 32.7 Å². The summed E-state index contributed by atoms with van der Waals surface area (Å²) in [6.45, 7) is 3.27. The first-order valence-corrected chi connectivity index (χ1v) is 7.18. The van der Waals surface area contributed by atoms with Crippen LogP contribution in [0.1, 0.15) is 38.2 Å². The van der Waals surface area contributed by atoms with Crippen LogP contribution in [-0.4, -0.2) is 30.2 Å². The monoisotopic (exact) mass is 263 g/mol. The third-order valence-corrected chi connectivity index (χ3v) is 4.31. The van der Waals surface area contributed by atoms with Crippen molar-refractivity contribution >= 4 is 0 Å². The molecule has 3 nitrogen and oxygen atoms in total. The molecule has 19 heavy (non-hydrogen) atoms. The van der Waals surface area contributed by atoms with Crippen molar-refractivity contribution in [3.8, 4) is 11.5 Å². The average molecular weight is 263 g/mol. The Morgan fingerprint density at radius 1 is 1.32 bits per heavy atom. The second-order valence-corrected chi connectivity index (χ2v) is 5.75. The van der Waals surface area contributed by atoms with Gasteiger partial charge in [-0.25, -0.2) is 0 Å². The molecule has 1 aliphatic carbocycles. The van der Waals surface area contributed by atoms with E-state index in [4.69, 9.17) is 4.74 Å². The minimum atomic E-state index is 0.208. The summed E-state index contributed by atoms with van der Waals surface area (Å²) in [5, 5.41) is 9.62. The maximum atomic E-state index is 9.62. The van der Waals surface area contributed by atoms with Gasteiger partial charge in [-0.1, -0.05) is 25.8 Å². The second kappa shape index (κ2) is 6.29. The highest BCUT2D eigenvalue weighted by molar-refractivity contribution is 5.41. The molecule has 1 aromatic rings. The number of phenols is 1. The number of methoxy groups -OCH3 is 1. The van der Waals surface area contributed by atoms with Gasteiger partial charge in [0.25, 0.3) is 0 Å². The minimum absolute atomic E-state index is 0.208. The highest BCUT2D eigenvalue weighted by atomic mass is 16.5. The standard InChI is InChI=1S/C16H25NO2/c1-12-6-4-5-7-14(12)17(2)11-13-8-9-15(18)16(10-13)19-3/h8-10,12,14,18H,4-7,11H2,1-3H3. The molecule has 2 unspecified atom stereocenters. The number of nitrogens with zero attached hydrogens (tertiary/aromatic N) is 1. The lowest BCUT2D eigenvalue weighted by Gasteiger charge is -2.36. The number of benzene rings is 1. The van der Waals surface area contributed by atoms with Crippen molar-refractivity contribution < 1.29 is 9.84 Å². The van der Waals surface area contributed by atoms with E-state index < -0.39 is 0 Å². The molecule has 0 spiro atoms. The molecular formula is C16H25NO2. The predicted octanol–water partition coefficient (Wildman–Crippen LogP) is 3.41. The van der Waals surface area contributed by atoms with Gasteiger partial charge in [-0.15, -0.1) is 0 Å². The Balaban J connectivity index is 2.03. The van der Waals surface area contributed by atoms with E-state index in [0.717, 1.165) is 12.5 Å². The molecule has 0 saturated heterocycles. The normalized spacial score (nSPS) is 23.6. The molecule has 1 aromatic carbocycles. The van der Waals surface area contributed by atoms with Crippen LogP contribution in [0.5, 0.6) is 11.5 Å². The van der Waals surface area contributed by atoms with Crippen molar-refractivity contribution in [1.29, 1.82) is 0 Å². The second-order valence-electron chi connectivity index (χ2n) is 5.75. The number of hydrogen-bond donors (Lipinski definition) is 1. The van der Waals surface area contributed by atoms with E-state index in [-0.39, 0.29) is 5.75 Å². The fraction of sp³-hybridized carbons (Fsp3) is 0.625. The van der Waals surface area contributed by atoms with Crippen molar-refractivity contribution in [3.05, 3.63) is 23.8 Å². The van der Waals surface area contributed by atoms with Gasteiger partial charge in [-0.05, 0) is 43.5 Å². The van der Waals surface area contributed by atoms with Crippen LogP contribution in [0.15, 0.2) is 18.2 Å². The van der Waals surface area contributed by atoms with Gasteiger partial charge in [0.05, 0.1) is 7.11 Å². The SMILES string of the molecule is COc1cc(CN(C)C2CCCCC2C)ccc1O. The van der Waals surface area contributed by atoms with Crippen LogP contribution in [0.25, 0.3) is 0 Å². The Kier molecular flexibility index (Phi) is 4.70. The quantitative estimate of drug-likeness (QED) is 0.903. The first-order chi connectivity index (χ1) is 9.11. The number of hydrogen-bond acceptors (Lipinski definition) is 3. The van der Waals surface area contributed by atoms with E-state index in [1.807, 2.05) is 12.1 Å². The molecule has 0 amide bonds. The smallest absolute Gasteiger partial charge is 0.160 e. The summed E-state index contributed by atoms with van der Waals surface area (Å²) in [6.07, 6.45) is 5.36. The lowest BCUT2D eigenvalue weighted by molar-refractivity contribution is 0.133. The van der Waals surface area contributed by atoms with Crippen LogP contribution >= 0.6 is 0 Å². The summed E-state index contributed by atoms with van der Waals surface area (Å²) in [5.74, 6) is 1.54. The molecule has 1 aliphatic rings. The molecule has 0 heterocycles. The van der Waals surface area contributed by atoms with Gasteiger partial charge in [-0.2, -0.15) is 0 Å². The molecule has 2 atom stereocenters. The summed E-state index contributed by atoms with van der Waals surface area (Å²) < 4.78 is 5.17. The van der Waals surface area contributed by atoms with Crippen molar-refractivity contribution in [2.75, 3.05) is 14.2 Å². The molecule has 1 saturated carbocycles. The highest BCUT2D eigenvalue weighted by Gasteiger charge is 2.24. The maximum absolute atomic E-state index is 9.62. The van der Waals surface area contributed by atoms with Crippen molar-refractivity contribution in [3.63, 3.8) is 0 Å². The summed E-state index contributed by atoms with van der Waals surface area (Å²) in [6, 6.07) is 6.29. The molecule has 1 N–H and O–H groups in total. The number of ether oxygens (including phenoxy) is 1. The van der Waals surface area contributed by atoms with Gasteiger partial charge in [0.1, 0.15) is 0 Å². The van der Waals surface area contributed by atoms with Crippen LogP contribution in [0.3, 0.4) is 0 Å². The van der Waals surface area contributed by atoms with Crippen LogP contribution in [0.2, 0.25) is 0 Å². The number of phenolic OH excluding ortho intramolecular Hbond substituents is 1. The van der Waals surface area contributed by atoms with Crippen LogP contribution < -0.4 is 4.74 Å². The third-order valence-electron chi connectivity index (χ3n) is 4.31. The Morgan fingerprint density at radius 2 is 2.05 bits per heavy atom. The molecular weight excluding hydrogens is 238 g/mol. The Hall–Kier alpha value is -1.22. The van der Waals surface area contributed by atoms with E-state index in [0.29, 0.717) is 11.8 Å². The fourth-order valence-corrected chi connectivity index (χ4v) is 3.18. The summed E-state index contributed by atoms with van der Waals surface area (Å²) in [4.78, 5) is 2.44. The molecule has 2 rings (SSSR count). The first kappa shape index (κ1) is 14.2. The predicted molar refractivity (Wildman–Crippen MR) is 77.5 cm³/mol. The van der Waals surface area contributed by atoms with Crippen LogP contribution in [0, 0.1) is 5.92 Å². The van der Waals surface area contributed by atoms with Gasteiger partial charge in [0, 0.05) is 12.6 Å². The van der Waals surface area contributed by atoms with E-state index in [1.54, 1.807) is 13.2 Å². The van der Waals surface area contributed by atoms with Crippen LogP contribution in [-0.2, 0) is 6.54 Å². The van der Waals surface area contributed by atoms with Gasteiger partial charge >= 0.3 is 0 Å². The summed E-state index contributed by atoms with van der Waals surface area (Å²) in [5.41, 5.74) is 1.19. The molecule has 0 aromatic heterocycles. The average Bonchev–Trinajstić information content (AvgIpc) is 2.41.